The van der Waals surface area contributed by atoms with Crippen molar-refractivity contribution in [2.24, 2.45) is 0 Å². The van der Waals surface area contributed by atoms with E-state index in [1.807, 2.05) is 0 Å². The molecule has 0 bridgehead atoms. The largest absolute Gasteiger partial charge is 0.397 e. The van der Waals surface area contributed by atoms with Crippen molar-refractivity contribution in [1.82, 2.24) is 0 Å². The molecule has 2 aromatic carbocycles. The highest BCUT2D eigenvalue weighted by atomic mass is 35.5. The first-order chi connectivity index (χ1) is 9.00. The summed E-state index contributed by atoms with van der Waals surface area (Å²) in [5, 5.41) is 0.0753. The molecular formula is C14H12ClFN2O. The molecule has 0 saturated carbocycles. The number of hydrogen-bond acceptors (Lipinski definition) is 2. The van der Waals surface area contributed by atoms with Crippen molar-refractivity contribution >= 4 is 28.9 Å². The van der Waals surface area contributed by atoms with Crippen LogP contribution >= 0.6 is 11.6 Å². The summed E-state index contributed by atoms with van der Waals surface area (Å²) in [5.74, 6) is -0.827. The summed E-state index contributed by atoms with van der Waals surface area (Å²) < 4.78 is 13.0. The van der Waals surface area contributed by atoms with Crippen LogP contribution in [0.1, 0.15) is 10.4 Å². The Labute approximate surface area is 115 Å². The van der Waals surface area contributed by atoms with Gasteiger partial charge in [-0.25, -0.2) is 4.39 Å². The van der Waals surface area contributed by atoms with Crippen LogP contribution in [0.15, 0.2) is 42.5 Å². The Morgan fingerprint density at radius 1 is 1.26 bits per heavy atom. The smallest absolute Gasteiger partial charge is 0.259 e. The number of carbonyl (C=O) groups is 1. The highest BCUT2D eigenvalue weighted by molar-refractivity contribution is 6.34. The second-order valence-corrected chi connectivity index (χ2v) is 4.45. The molecule has 0 radical (unpaired) electrons. The molecule has 0 fully saturated rings. The molecule has 98 valence electrons. The zero-order valence-corrected chi connectivity index (χ0v) is 11.0. The monoisotopic (exact) mass is 278 g/mol. The normalized spacial score (nSPS) is 10.3. The number of hydrogen-bond donors (Lipinski definition) is 1. The minimum absolute atomic E-state index is 0.0753. The van der Waals surface area contributed by atoms with E-state index in [1.165, 1.54) is 17.0 Å². The van der Waals surface area contributed by atoms with Crippen molar-refractivity contribution < 1.29 is 9.18 Å². The maximum Gasteiger partial charge on any atom is 0.259 e. The zero-order valence-electron chi connectivity index (χ0n) is 10.2. The number of para-hydroxylation sites is 2. The first-order valence-electron chi connectivity index (χ1n) is 5.58. The predicted molar refractivity (Wildman–Crippen MR) is 75.0 cm³/mol. The number of amides is 1. The Morgan fingerprint density at radius 3 is 2.58 bits per heavy atom. The third-order valence-electron chi connectivity index (χ3n) is 2.76. The third kappa shape index (κ3) is 2.69. The maximum atomic E-state index is 13.0. The van der Waals surface area contributed by atoms with E-state index in [1.54, 1.807) is 31.3 Å². The van der Waals surface area contributed by atoms with E-state index in [9.17, 15) is 9.18 Å². The molecule has 0 aromatic heterocycles. The van der Waals surface area contributed by atoms with Crippen molar-refractivity contribution in [2.75, 3.05) is 17.7 Å². The van der Waals surface area contributed by atoms with Gasteiger partial charge in [0.05, 0.1) is 22.0 Å². The first kappa shape index (κ1) is 13.4. The van der Waals surface area contributed by atoms with Gasteiger partial charge in [0.15, 0.2) is 0 Å². The van der Waals surface area contributed by atoms with Crippen LogP contribution < -0.4 is 10.6 Å². The van der Waals surface area contributed by atoms with Gasteiger partial charge in [-0.05, 0) is 30.3 Å². The topological polar surface area (TPSA) is 46.3 Å². The Hall–Kier alpha value is -2.07. The van der Waals surface area contributed by atoms with E-state index in [0.29, 0.717) is 11.4 Å². The highest BCUT2D eigenvalue weighted by Gasteiger charge is 2.18. The molecule has 19 heavy (non-hydrogen) atoms. The van der Waals surface area contributed by atoms with Crippen LogP contribution in [0.4, 0.5) is 15.8 Å². The lowest BCUT2D eigenvalue weighted by Crippen LogP contribution is -2.27. The molecule has 0 aliphatic heterocycles. The van der Waals surface area contributed by atoms with Crippen LogP contribution in [-0.2, 0) is 0 Å². The van der Waals surface area contributed by atoms with E-state index in [2.05, 4.69) is 0 Å². The van der Waals surface area contributed by atoms with Crippen molar-refractivity contribution in [3.05, 3.63) is 58.9 Å². The third-order valence-corrected chi connectivity index (χ3v) is 3.08. The number of rotatable bonds is 2. The molecular weight excluding hydrogens is 267 g/mol. The van der Waals surface area contributed by atoms with Gasteiger partial charge in [0.2, 0.25) is 0 Å². The van der Waals surface area contributed by atoms with Crippen LogP contribution in [0.25, 0.3) is 0 Å². The maximum absolute atomic E-state index is 13.0. The average molecular weight is 279 g/mol. The molecule has 0 heterocycles. The molecule has 0 unspecified atom stereocenters. The van der Waals surface area contributed by atoms with Gasteiger partial charge in [0.25, 0.3) is 5.91 Å². The quantitative estimate of drug-likeness (QED) is 0.857. The van der Waals surface area contributed by atoms with Crippen LogP contribution in [0, 0.1) is 5.82 Å². The first-order valence-corrected chi connectivity index (χ1v) is 5.96. The van der Waals surface area contributed by atoms with Crippen molar-refractivity contribution in [2.45, 2.75) is 0 Å². The second-order valence-electron chi connectivity index (χ2n) is 4.05. The van der Waals surface area contributed by atoms with Crippen molar-refractivity contribution in [3.8, 4) is 0 Å². The summed E-state index contributed by atoms with van der Waals surface area (Å²) >= 11 is 5.88. The molecule has 2 rings (SSSR count). The standard InChI is InChI=1S/C14H12ClFN2O/c1-18(13-5-3-2-4-12(13)17)14(19)10-7-6-9(16)8-11(10)15/h2-8H,17H2,1H3. The molecule has 0 spiro atoms. The Kier molecular flexibility index (Phi) is 3.71. The van der Waals surface area contributed by atoms with Gasteiger partial charge in [-0.3, -0.25) is 4.79 Å². The van der Waals surface area contributed by atoms with Gasteiger partial charge in [0, 0.05) is 7.05 Å². The van der Waals surface area contributed by atoms with E-state index >= 15 is 0 Å². The van der Waals surface area contributed by atoms with Gasteiger partial charge >= 0.3 is 0 Å². The Bertz CT molecular complexity index is 631. The number of anilines is 2. The SMILES string of the molecule is CN(C(=O)c1ccc(F)cc1Cl)c1ccccc1N. The molecule has 1 amide bonds. The van der Waals surface area contributed by atoms with Crippen LogP contribution in [-0.4, -0.2) is 13.0 Å². The summed E-state index contributed by atoms with van der Waals surface area (Å²) in [6, 6.07) is 10.6. The van der Waals surface area contributed by atoms with Gasteiger partial charge in [-0.2, -0.15) is 0 Å². The Balaban J connectivity index is 2.37. The number of nitrogens with two attached hydrogens (primary N) is 1. The van der Waals surface area contributed by atoms with Crippen LogP contribution in [0.3, 0.4) is 0 Å². The molecule has 2 aromatic rings. The number of carbonyl (C=O) groups excluding carboxylic acids is 1. The lowest BCUT2D eigenvalue weighted by Gasteiger charge is -2.19. The summed E-state index contributed by atoms with van der Waals surface area (Å²) in [5.41, 5.74) is 7.10. The van der Waals surface area contributed by atoms with Gasteiger partial charge in [-0.1, -0.05) is 23.7 Å². The molecule has 5 heteroatoms. The van der Waals surface area contributed by atoms with Crippen LogP contribution in [0.5, 0.6) is 0 Å². The van der Waals surface area contributed by atoms with E-state index in [4.69, 9.17) is 17.3 Å². The van der Waals surface area contributed by atoms with Gasteiger partial charge in [-0.15, -0.1) is 0 Å². The number of benzene rings is 2. The molecule has 0 aliphatic carbocycles. The molecule has 0 saturated heterocycles. The number of halogens is 2. The minimum Gasteiger partial charge on any atom is -0.397 e. The van der Waals surface area contributed by atoms with Gasteiger partial charge in [0.1, 0.15) is 5.82 Å². The highest BCUT2D eigenvalue weighted by Crippen LogP contribution is 2.25. The van der Waals surface area contributed by atoms with E-state index < -0.39 is 5.82 Å². The van der Waals surface area contributed by atoms with Gasteiger partial charge < -0.3 is 10.6 Å². The molecule has 0 atom stereocenters. The fourth-order valence-corrected chi connectivity index (χ4v) is 1.99. The molecule has 0 aliphatic rings. The fourth-order valence-electron chi connectivity index (χ4n) is 1.75. The predicted octanol–water partition coefficient (Wildman–Crippen LogP) is 3.34. The molecule has 3 nitrogen and oxygen atoms in total. The number of nitrogens with zero attached hydrogens (tertiary/aromatic N) is 1. The summed E-state index contributed by atoms with van der Waals surface area (Å²) in [6.45, 7) is 0. The summed E-state index contributed by atoms with van der Waals surface area (Å²) in [4.78, 5) is 13.7. The zero-order chi connectivity index (χ0) is 14.0. The Morgan fingerprint density at radius 2 is 1.95 bits per heavy atom. The van der Waals surface area contributed by atoms with Crippen molar-refractivity contribution in [1.29, 1.82) is 0 Å². The van der Waals surface area contributed by atoms with Crippen LogP contribution in [0.2, 0.25) is 5.02 Å². The molecule has 2 N–H and O–H groups in total. The fraction of sp³-hybridized carbons (Fsp3) is 0.0714. The average Bonchev–Trinajstić information content (AvgIpc) is 2.38. The van der Waals surface area contributed by atoms with Crippen molar-refractivity contribution in [3.63, 3.8) is 0 Å². The minimum atomic E-state index is -0.483. The van der Waals surface area contributed by atoms with E-state index in [0.717, 1.165) is 6.07 Å². The second kappa shape index (κ2) is 5.28. The lowest BCUT2D eigenvalue weighted by molar-refractivity contribution is 0.0993. The lowest BCUT2D eigenvalue weighted by atomic mass is 10.1. The summed E-state index contributed by atoms with van der Waals surface area (Å²) in [7, 11) is 1.59. The number of nitrogen functional groups attached to an aromatic ring is 1. The van der Waals surface area contributed by atoms with E-state index in [-0.39, 0.29) is 16.5 Å². The summed E-state index contributed by atoms with van der Waals surface area (Å²) in [6.07, 6.45) is 0.